The van der Waals surface area contributed by atoms with E-state index in [1.165, 1.54) is 11.9 Å². The minimum atomic E-state index is -4.46. The molecule has 0 unspecified atom stereocenters. The smallest absolute Gasteiger partial charge is 0.389 e. The van der Waals surface area contributed by atoms with Crippen molar-refractivity contribution in [3.05, 3.63) is 26.4 Å². The first-order chi connectivity index (χ1) is 16.2. The lowest BCUT2D eigenvalue weighted by atomic mass is 9.78. The molecule has 0 aromatic carbocycles. The normalized spacial score (nSPS) is 25.1. The number of imide groups is 1. The minimum absolute atomic E-state index is 0.0180. The minimum Gasteiger partial charge on any atom is -0.494 e. The Morgan fingerprint density at radius 2 is 1.80 bits per heavy atom. The average Bonchev–Trinajstić information content (AvgIpc) is 2.93. The van der Waals surface area contributed by atoms with E-state index in [1.807, 2.05) is 0 Å². The second kappa shape index (κ2) is 9.38. The number of rotatable bonds is 7. The van der Waals surface area contributed by atoms with Gasteiger partial charge in [-0.1, -0.05) is 0 Å². The standard InChI is InChI=1S/C21H29F3N6O5/c1-20(17(33)27-18(34)28(20)2)10-11-4-6-12(7-5-11)30-16(32)13(14(25)26)15(31)29(19(30)35)9-3-8-21(22,23)24/h11-12,31H,3-10H2,1-2H3,(H3,25,26)(H,27,33,34)/t11?,12?,20-/m1/s1. The summed E-state index contributed by atoms with van der Waals surface area (Å²) in [6.45, 7) is 1.16. The molecular weight excluding hydrogens is 473 g/mol. The number of nitrogens with one attached hydrogen (secondary N) is 2. The van der Waals surface area contributed by atoms with E-state index in [-0.39, 0.29) is 5.92 Å². The molecule has 2 aliphatic rings. The lowest BCUT2D eigenvalue weighted by molar-refractivity contribution is -0.136. The van der Waals surface area contributed by atoms with E-state index in [1.54, 1.807) is 6.92 Å². The highest BCUT2D eigenvalue weighted by Gasteiger charge is 2.48. The maximum atomic E-state index is 13.0. The number of urea groups is 1. The van der Waals surface area contributed by atoms with E-state index in [4.69, 9.17) is 11.1 Å². The van der Waals surface area contributed by atoms with Crippen LogP contribution in [0.4, 0.5) is 18.0 Å². The van der Waals surface area contributed by atoms with Crippen molar-refractivity contribution in [2.75, 3.05) is 7.05 Å². The van der Waals surface area contributed by atoms with Crippen LogP contribution in [0.25, 0.3) is 0 Å². The average molecular weight is 502 g/mol. The van der Waals surface area contributed by atoms with Gasteiger partial charge in [-0.05, 0) is 51.4 Å². The lowest BCUT2D eigenvalue weighted by Crippen LogP contribution is -2.48. The van der Waals surface area contributed by atoms with Crippen molar-refractivity contribution < 1.29 is 27.9 Å². The molecule has 14 heteroatoms. The third kappa shape index (κ3) is 5.05. The van der Waals surface area contributed by atoms with Crippen molar-refractivity contribution in [3.63, 3.8) is 0 Å². The fraction of sp³-hybridized carbons (Fsp3) is 0.667. The molecule has 194 valence electrons. The first kappa shape index (κ1) is 26.3. The number of carbonyl (C=O) groups excluding carboxylic acids is 2. The van der Waals surface area contributed by atoms with Crippen LogP contribution < -0.4 is 22.3 Å². The van der Waals surface area contributed by atoms with Crippen molar-refractivity contribution in [2.24, 2.45) is 11.7 Å². The maximum Gasteiger partial charge on any atom is 0.389 e. The highest BCUT2D eigenvalue weighted by atomic mass is 19.4. The van der Waals surface area contributed by atoms with Gasteiger partial charge in [-0.15, -0.1) is 0 Å². The van der Waals surface area contributed by atoms with Crippen LogP contribution in [-0.2, 0) is 11.3 Å². The first-order valence-corrected chi connectivity index (χ1v) is 11.3. The molecule has 1 aromatic heterocycles. The lowest BCUT2D eigenvalue weighted by Gasteiger charge is -2.36. The van der Waals surface area contributed by atoms with Gasteiger partial charge in [-0.3, -0.25) is 29.4 Å². The molecule has 1 aliphatic heterocycles. The van der Waals surface area contributed by atoms with E-state index >= 15 is 0 Å². The van der Waals surface area contributed by atoms with E-state index in [9.17, 15) is 37.5 Å². The van der Waals surface area contributed by atoms with Gasteiger partial charge >= 0.3 is 17.9 Å². The number of alkyl halides is 3. The van der Waals surface area contributed by atoms with Gasteiger partial charge in [0.2, 0.25) is 5.88 Å². The van der Waals surface area contributed by atoms with Gasteiger partial charge in [0.1, 0.15) is 16.9 Å². The van der Waals surface area contributed by atoms with Gasteiger partial charge in [0.25, 0.3) is 11.5 Å². The zero-order valence-electron chi connectivity index (χ0n) is 19.4. The Morgan fingerprint density at radius 1 is 1.20 bits per heavy atom. The van der Waals surface area contributed by atoms with Crippen LogP contribution in [0, 0.1) is 11.3 Å². The fourth-order valence-corrected chi connectivity index (χ4v) is 4.95. The number of nitrogens with two attached hydrogens (primary N) is 1. The summed E-state index contributed by atoms with van der Waals surface area (Å²) in [6, 6.07) is -1.10. The van der Waals surface area contributed by atoms with E-state index in [2.05, 4.69) is 5.32 Å². The third-order valence-electron chi connectivity index (χ3n) is 7.08. The van der Waals surface area contributed by atoms with Gasteiger partial charge in [0, 0.05) is 26.1 Å². The molecule has 11 nitrogen and oxygen atoms in total. The Bertz CT molecular complexity index is 1150. The molecule has 0 radical (unpaired) electrons. The predicted molar refractivity (Wildman–Crippen MR) is 118 cm³/mol. The SMILES string of the molecule is CN1C(=O)NC(=O)[C@@]1(C)CC1CCC(n2c(=O)c(C(=N)N)c(O)n(CCCC(F)(F)F)c2=O)CC1. The molecule has 0 spiro atoms. The zero-order valence-corrected chi connectivity index (χ0v) is 19.4. The van der Waals surface area contributed by atoms with Crippen LogP contribution in [-0.4, -0.2) is 55.7 Å². The number of amides is 3. The summed E-state index contributed by atoms with van der Waals surface area (Å²) < 4.78 is 39.2. The highest BCUT2D eigenvalue weighted by molar-refractivity contribution is 6.06. The summed E-state index contributed by atoms with van der Waals surface area (Å²) >= 11 is 0. The number of hydrogen-bond donors (Lipinski definition) is 4. The number of likely N-dealkylation sites (N-methyl/N-ethyl adjacent to an activating group) is 1. The number of halogens is 3. The van der Waals surface area contributed by atoms with Crippen LogP contribution in [0.5, 0.6) is 5.88 Å². The van der Waals surface area contributed by atoms with Gasteiger partial charge in [0.15, 0.2) is 0 Å². The first-order valence-electron chi connectivity index (χ1n) is 11.3. The van der Waals surface area contributed by atoms with Gasteiger partial charge in [0.05, 0.1) is 0 Å². The molecular formula is C21H29F3N6O5. The number of carbonyl (C=O) groups is 2. The second-order valence-electron chi connectivity index (χ2n) is 9.41. The molecule has 1 saturated heterocycles. The molecule has 2 fully saturated rings. The molecule has 0 bridgehead atoms. The summed E-state index contributed by atoms with van der Waals surface area (Å²) in [5, 5.41) is 20.3. The van der Waals surface area contributed by atoms with Crippen molar-refractivity contribution in [2.45, 2.75) is 76.2 Å². The number of aromatic nitrogens is 2. The topological polar surface area (TPSA) is 164 Å². The van der Waals surface area contributed by atoms with Crippen molar-refractivity contribution in [1.82, 2.24) is 19.4 Å². The molecule has 2 heterocycles. The number of nitrogen functional groups attached to an aromatic ring is 1. The summed E-state index contributed by atoms with van der Waals surface area (Å²) in [6.07, 6.45) is -4.04. The highest BCUT2D eigenvalue weighted by Crippen LogP contribution is 2.38. The van der Waals surface area contributed by atoms with Gasteiger partial charge in [-0.2, -0.15) is 13.2 Å². The van der Waals surface area contributed by atoms with E-state index in [0.717, 1.165) is 4.57 Å². The summed E-state index contributed by atoms with van der Waals surface area (Å²) in [7, 11) is 1.53. The van der Waals surface area contributed by atoms with Crippen LogP contribution in [0.1, 0.15) is 63.5 Å². The van der Waals surface area contributed by atoms with Gasteiger partial charge in [-0.25, -0.2) is 9.59 Å². The van der Waals surface area contributed by atoms with Crippen LogP contribution in [0.15, 0.2) is 9.59 Å². The maximum absolute atomic E-state index is 13.0. The number of nitrogens with zero attached hydrogens (tertiary/aromatic N) is 3. The Labute approximate surface area is 198 Å². The summed E-state index contributed by atoms with van der Waals surface area (Å²) in [5.41, 5.74) is 1.86. The molecule has 3 rings (SSSR count). The number of amidine groups is 1. The Balaban J connectivity index is 1.84. The quantitative estimate of drug-likeness (QED) is 0.250. The second-order valence-corrected chi connectivity index (χ2v) is 9.41. The van der Waals surface area contributed by atoms with Gasteiger partial charge < -0.3 is 15.7 Å². The predicted octanol–water partition coefficient (Wildman–Crippen LogP) is 1.40. The molecule has 3 amide bonds. The summed E-state index contributed by atoms with van der Waals surface area (Å²) in [4.78, 5) is 51.5. The van der Waals surface area contributed by atoms with Crippen LogP contribution in [0.3, 0.4) is 0 Å². The van der Waals surface area contributed by atoms with Crippen molar-refractivity contribution in [3.8, 4) is 5.88 Å². The summed E-state index contributed by atoms with van der Waals surface area (Å²) in [5.74, 6) is -2.10. The van der Waals surface area contributed by atoms with Crippen LogP contribution >= 0.6 is 0 Å². The van der Waals surface area contributed by atoms with Crippen molar-refractivity contribution in [1.29, 1.82) is 5.41 Å². The van der Waals surface area contributed by atoms with Crippen LogP contribution in [0.2, 0.25) is 0 Å². The van der Waals surface area contributed by atoms with E-state index in [0.29, 0.717) is 36.7 Å². The van der Waals surface area contributed by atoms with E-state index < -0.39 is 77.6 Å². The Kier molecular flexibility index (Phi) is 7.04. The molecule has 1 aromatic rings. The molecule has 35 heavy (non-hydrogen) atoms. The van der Waals surface area contributed by atoms with Crippen molar-refractivity contribution >= 4 is 17.8 Å². The Hall–Kier alpha value is -3.32. The zero-order chi connectivity index (χ0) is 26.3. The number of hydrogen-bond acceptors (Lipinski definition) is 6. The molecule has 1 saturated carbocycles. The molecule has 5 N–H and O–H groups in total. The largest absolute Gasteiger partial charge is 0.494 e. The molecule has 1 aliphatic carbocycles. The fourth-order valence-electron chi connectivity index (χ4n) is 4.95. The third-order valence-corrected chi connectivity index (χ3v) is 7.08. The molecule has 1 atom stereocenters. The number of aromatic hydroxyl groups is 1. The monoisotopic (exact) mass is 502 g/mol. The Morgan fingerprint density at radius 3 is 2.29 bits per heavy atom.